The Morgan fingerprint density at radius 2 is 2.31 bits per heavy atom. The van der Waals surface area contributed by atoms with E-state index >= 15 is 0 Å². The molecule has 1 aliphatic carbocycles. The van der Waals surface area contributed by atoms with Gasteiger partial charge >= 0.3 is 0 Å². The molecule has 1 saturated carbocycles. The van der Waals surface area contributed by atoms with Crippen LogP contribution in [0.25, 0.3) is 0 Å². The van der Waals surface area contributed by atoms with Crippen molar-refractivity contribution in [2.24, 2.45) is 11.1 Å². The second-order valence-electron chi connectivity index (χ2n) is 4.29. The lowest BCUT2D eigenvalue weighted by Crippen LogP contribution is -2.32. The van der Waals surface area contributed by atoms with Gasteiger partial charge in [-0.3, -0.25) is 4.98 Å². The van der Waals surface area contributed by atoms with Crippen LogP contribution in [0, 0.1) is 5.41 Å². The van der Waals surface area contributed by atoms with E-state index in [1.54, 1.807) is 0 Å². The molecule has 2 rings (SSSR count). The standard InChI is InChI=1S/C11H16N2/c1-11(5-6-11)10(12)8-9-4-2-3-7-13-9/h2-4,7,10H,5-6,8,12H2,1H3. The van der Waals surface area contributed by atoms with Gasteiger partial charge in [-0.15, -0.1) is 0 Å². The minimum Gasteiger partial charge on any atom is -0.327 e. The molecular formula is C11H16N2. The molecule has 0 radical (unpaired) electrons. The van der Waals surface area contributed by atoms with Crippen LogP contribution < -0.4 is 5.73 Å². The van der Waals surface area contributed by atoms with E-state index in [2.05, 4.69) is 11.9 Å². The van der Waals surface area contributed by atoms with E-state index < -0.39 is 0 Å². The maximum atomic E-state index is 6.11. The predicted molar refractivity (Wildman–Crippen MR) is 53.3 cm³/mol. The number of aromatic nitrogens is 1. The van der Waals surface area contributed by atoms with Gasteiger partial charge in [-0.2, -0.15) is 0 Å². The van der Waals surface area contributed by atoms with Crippen LogP contribution in [-0.2, 0) is 6.42 Å². The summed E-state index contributed by atoms with van der Waals surface area (Å²) in [5, 5.41) is 0. The number of hydrogen-bond donors (Lipinski definition) is 1. The van der Waals surface area contributed by atoms with Crippen molar-refractivity contribution in [2.75, 3.05) is 0 Å². The van der Waals surface area contributed by atoms with Crippen molar-refractivity contribution >= 4 is 0 Å². The van der Waals surface area contributed by atoms with E-state index in [4.69, 9.17) is 5.73 Å². The van der Waals surface area contributed by atoms with Crippen molar-refractivity contribution in [3.63, 3.8) is 0 Å². The van der Waals surface area contributed by atoms with Crippen molar-refractivity contribution in [3.05, 3.63) is 30.1 Å². The van der Waals surface area contributed by atoms with E-state index in [0.29, 0.717) is 5.41 Å². The molecule has 70 valence electrons. The molecule has 1 aromatic rings. The smallest absolute Gasteiger partial charge is 0.0419 e. The predicted octanol–water partition coefficient (Wildman–Crippen LogP) is 1.75. The third kappa shape index (κ3) is 1.89. The maximum Gasteiger partial charge on any atom is 0.0419 e. The van der Waals surface area contributed by atoms with Gasteiger partial charge in [0.2, 0.25) is 0 Å². The minimum absolute atomic E-state index is 0.280. The summed E-state index contributed by atoms with van der Waals surface area (Å²) in [6, 6.07) is 6.28. The number of nitrogens with two attached hydrogens (primary N) is 1. The summed E-state index contributed by atoms with van der Waals surface area (Å²) in [6.07, 6.45) is 5.30. The average Bonchev–Trinajstić information content (AvgIpc) is 2.87. The van der Waals surface area contributed by atoms with Crippen molar-refractivity contribution < 1.29 is 0 Å². The first kappa shape index (κ1) is 8.70. The molecule has 1 atom stereocenters. The van der Waals surface area contributed by atoms with Gasteiger partial charge in [0.25, 0.3) is 0 Å². The van der Waals surface area contributed by atoms with Gasteiger partial charge in [0.05, 0.1) is 0 Å². The van der Waals surface area contributed by atoms with Crippen LogP contribution in [0.2, 0.25) is 0 Å². The highest BCUT2D eigenvalue weighted by atomic mass is 14.8. The molecule has 2 N–H and O–H groups in total. The first-order chi connectivity index (χ1) is 6.21. The lowest BCUT2D eigenvalue weighted by atomic mass is 9.95. The summed E-state index contributed by atoms with van der Waals surface area (Å²) >= 11 is 0. The molecule has 0 bridgehead atoms. The molecule has 0 aromatic carbocycles. The summed E-state index contributed by atoms with van der Waals surface area (Å²) < 4.78 is 0. The van der Waals surface area contributed by atoms with Crippen LogP contribution in [0.4, 0.5) is 0 Å². The minimum atomic E-state index is 0.280. The Morgan fingerprint density at radius 3 is 2.85 bits per heavy atom. The van der Waals surface area contributed by atoms with E-state index in [0.717, 1.165) is 12.1 Å². The Labute approximate surface area is 79.2 Å². The SMILES string of the molecule is CC1(C(N)Cc2ccccn2)CC1. The van der Waals surface area contributed by atoms with E-state index in [-0.39, 0.29) is 6.04 Å². The quantitative estimate of drug-likeness (QED) is 0.762. The normalized spacial score (nSPS) is 21.1. The Balaban J connectivity index is 1.98. The Kier molecular flexibility index (Phi) is 2.08. The number of rotatable bonds is 3. The van der Waals surface area contributed by atoms with Gasteiger partial charge in [0.15, 0.2) is 0 Å². The third-order valence-corrected chi connectivity index (χ3v) is 3.09. The van der Waals surface area contributed by atoms with E-state index in [1.807, 2.05) is 24.4 Å². The Morgan fingerprint density at radius 1 is 1.54 bits per heavy atom. The van der Waals surface area contributed by atoms with Gasteiger partial charge in [-0.05, 0) is 30.4 Å². The summed E-state index contributed by atoms with van der Waals surface area (Å²) in [5.74, 6) is 0. The number of pyridine rings is 1. The summed E-state index contributed by atoms with van der Waals surface area (Å²) in [7, 11) is 0. The van der Waals surface area contributed by atoms with Crippen LogP contribution in [-0.4, -0.2) is 11.0 Å². The molecule has 0 spiro atoms. The fourth-order valence-corrected chi connectivity index (χ4v) is 1.56. The molecule has 1 aromatic heterocycles. The molecule has 1 heterocycles. The van der Waals surface area contributed by atoms with Crippen molar-refractivity contribution in [1.82, 2.24) is 4.98 Å². The Bertz CT molecular complexity index is 277. The highest BCUT2D eigenvalue weighted by molar-refractivity contribution is 5.09. The van der Waals surface area contributed by atoms with Crippen molar-refractivity contribution in [2.45, 2.75) is 32.2 Å². The van der Waals surface area contributed by atoms with Crippen molar-refractivity contribution in [1.29, 1.82) is 0 Å². The lowest BCUT2D eigenvalue weighted by molar-refractivity contribution is 0.430. The fraction of sp³-hybridized carbons (Fsp3) is 0.545. The molecular weight excluding hydrogens is 160 g/mol. The zero-order valence-electron chi connectivity index (χ0n) is 8.03. The van der Waals surface area contributed by atoms with Crippen molar-refractivity contribution in [3.8, 4) is 0 Å². The average molecular weight is 176 g/mol. The van der Waals surface area contributed by atoms with Gasteiger partial charge in [-0.1, -0.05) is 13.0 Å². The monoisotopic (exact) mass is 176 g/mol. The first-order valence-electron chi connectivity index (χ1n) is 4.86. The summed E-state index contributed by atoms with van der Waals surface area (Å²) in [6.45, 7) is 2.26. The van der Waals surface area contributed by atoms with Gasteiger partial charge in [0, 0.05) is 24.4 Å². The van der Waals surface area contributed by atoms with Gasteiger partial charge < -0.3 is 5.73 Å². The maximum absolute atomic E-state index is 6.11. The van der Waals surface area contributed by atoms with Crippen LogP contribution >= 0.6 is 0 Å². The van der Waals surface area contributed by atoms with E-state index in [9.17, 15) is 0 Å². The lowest BCUT2D eigenvalue weighted by Gasteiger charge is -2.17. The first-order valence-corrected chi connectivity index (χ1v) is 4.86. The topological polar surface area (TPSA) is 38.9 Å². The molecule has 13 heavy (non-hydrogen) atoms. The molecule has 0 amide bonds. The van der Waals surface area contributed by atoms with Gasteiger partial charge in [-0.25, -0.2) is 0 Å². The molecule has 1 aliphatic rings. The highest BCUT2D eigenvalue weighted by Crippen LogP contribution is 2.47. The largest absolute Gasteiger partial charge is 0.327 e. The van der Waals surface area contributed by atoms with E-state index in [1.165, 1.54) is 12.8 Å². The molecule has 0 aliphatic heterocycles. The van der Waals surface area contributed by atoms with Crippen LogP contribution in [0.15, 0.2) is 24.4 Å². The summed E-state index contributed by atoms with van der Waals surface area (Å²) in [4.78, 5) is 4.28. The zero-order chi connectivity index (χ0) is 9.31. The molecule has 1 fully saturated rings. The fourth-order valence-electron chi connectivity index (χ4n) is 1.56. The van der Waals surface area contributed by atoms with Gasteiger partial charge in [0.1, 0.15) is 0 Å². The summed E-state index contributed by atoms with van der Waals surface area (Å²) in [5.41, 5.74) is 7.62. The Hall–Kier alpha value is -0.890. The highest BCUT2D eigenvalue weighted by Gasteiger charge is 2.42. The van der Waals surface area contributed by atoms with Crippen LogP contribution in [0.3, 0.4) is 0 Å². The third-order valence-electron chi connectivity index (χ3n) is 3.09. The number of hydrogen-bond acceptors (Lipinski definition) is 2. The second-order valence-corrected chi connectivity index (χ2v) is 4.29. The molecule has 2 nitrogen and oxygen atoms in total. The number of nitrogens with zero attached hydrogens (tertiary/aromatic N) is 1. The van der Waals surface area contributed by atoms with Crippen LogP contribution in [0.5, 0.6) is 0 Å². The zero-order valence-corrected chi connectivity index (χ0v) is 8.03. The molecule has 1 unspecified atom stereocenters. The van der Waals surface area contributed by atoms with Crippen LogP contribution in [0.1, 0.15) is 25.5 Å². The second kappa shape index (κ2) is 3.11. The molecule has 2 heteroatoms. The molecule has 0 saturated heterocycles.